The minimum Gasteiger partial charge on any atom is -0.359 e. The summed E-state index contributed by atoms with van der Waals surface area (Å²) >= 11 is 7.07. The third-order valence-electron chi connectivity index (χ3n) is 6.29. The van der Waals surface area contributed by atoms with Crippen LogP contribution in [0.5, 0.6) is 0 Å². The summed E-state index contributed by atoms with van der Waals surface area (Å²) < 4.78 is 1.75. The average Bonchev–Trinajstić information content (AvgIpc) is 2.84. The lowest BCUT2D eigenvalue weighted by molar-refractivity contribution is 0.00503. The highest BCUT2D eigenvalue weighted by Gasteiger charge is 2.22. The summed E-state index contributed by atoms with van der Waals surface area (Å²) in [7, 11) is 0. The Bertz CT molecular complexity index is 539. The zero-order chi connectivity index (χ0) is 22.7. The Hall–Kier alpha value is 0.160. The van der Waals surface area contributed by atoms with Crippen molar-refractivity contribution in [1.29, 1.82) is 0 Å². The van der Waals surface area contributed by atoms with Crippen molar-refractivity contribution < 1.29 is 9.58 Å². The largest absolute Gasteiger partial charge is 0.383 e. The third-order valence-corrected chi connectivity index (χ3v) is 11.4. The van der Waals surface area contributed by atoms with Crippen molar-refractivity contribution >= 4 is 55.8 Å². The molecular formula is C24H42N4S4. The molecule has 0 amide bonds. The summed E-state index contributed by atoms with van der Waals surface area (Å²) in [6.45, 7) is 0. The van der Waals surface area contributed by atoms with Crippen molar-refractivity contribution in [1.82, 2.24) is 0 Å². The van der Waals surface area contributed by atoms with Crippen molar-refractivity contribution in [2.75, 3.05) is 11.5 Å². The Morgan fingerprint density at radius 3 is 1.22 bits per heavy atom. The van der Waals surface area contributed by atoms with Gasteiger partial charge >= 0.3 is 8.75 Å². The van der Waals surface area contributed by atoms with Crippen LogP contribution in [0.3, 0.4) is 0 Å². The standard InChI is InChI=1S/C24H42N4S4/c25-27-23(31-21-15-9-7-10-16-21)29-19-13-5-3-1-2-4-6-14-20-30-24(28-26)32-22-17-11-8-12-18-22/h21-22H,1-20H2. The average molecular weight is 515 g/mol. The highest BCUT2D eigenvalue weighted by atomic mass is 32.2. The molecule has 0 N–H and O–H groups in total. The van der Waals surface area contributed by atoms with E-state index in [-0.39, 0.29) is 0 Å². The topological polar surface area (TPSA) is 72.8 Å². The molecule has 0 aromatic carbocycles. The fourth-order valence-corrected chi connectivity index (χ4v) is 9.23. The molecule has 0 aliphatic heterocycles. The maximum absolute atomic E-state index is 9.26. The van der Waals surface area contributed by atoms with Crippen LogP contribution in [0.4, 0.5) is 0 Å². The third kappa shape index (κ3) is 13.8. The lowest BCUT2D eigenvalue weighted by atomic mass is 10.0. The molecule has 0 heterocycles. The van der Waals surface area contributed by atoms with E-state index in [4.69, 9.17) is 0 Å². The maximum Gasteiger partial charge on any atom is 0.383 e. The molecule has 0 aromatic heterocycles. The molecule has 0 atom stereocenters. The molecule has 0 saturated heterocycles. The van der Waals surface area contributed by atoms with E-state index in [1.165, 1.54) is 116 Å². The van der Waals surface area contributed by atoms with Gasteiger partial charge in [0, 0.05) is 22.0 Å². The fourth-order valence-electron chi connectivity index (χ4n) is 4.41. The van der Waals surface area contributed by atoms with Crippen LogP contribution in [0, 0.1) is 0 Å². The predicted octanol–water partition coefficient (Wildman–Crippen LogP) is 8.88. The van der Waals surface area contributed by atoms with Gasteiger partial charge in [-0.1, -0.05) is 77.0 Å². The molecule has 2 fully saturated rings. The van der Waals surface area contributed by atoms with Gasteiger partial charge in [-0.05, 0) is 85.6 Å². The van der Waals surface area contributed by atoms with Crippen molar-refractivity contribution in [3.63, 3.8) is 0 Å². The van der Waals surface area contributed by atoms with Crippen LogP contribution >= 0.6 is 47.0 Å². The summed E-state index contributed by atoms with van der Waals surface area (Å²) in [6, 6.07) is 0. The zero-order valence-corrected chi connectivity index (χ0v) is 23.0. The van der Waals surface area contributed by atoms with Gasteiger partial charge in [0.15, 0.2) is 0 Å². The smallest absolute Gasteiger partial charge is 0.359 e. The number of thioether (sulfide) groups is 4. The summed E-state index contributed by atoms with van der Waals surface area (Å²) in [5.74, 6) is 2.15. The van der Waals surface area contributed by atoms with Crippen molar-refractivity contribution in [3.8, 4) is 0 Å². The fraction of sp³-hybridized carbons (Fsp3) is 0.917. The van der Waals surface area contributed by atoms with Gasteiger partial charge in [0.2, 0.25) is 0 Å². The van der Waals surface area contributed by atoms with E-state index < -0.39 is 0 Å². The van der Waals surface area contributed by atoms with Crippen molar-refractivity contribution in [2.45, 2.75) is 126 Å². The Kier molecular flexibility index (Phi) is 17.3. The highest BCUT2D eigenvalue weighted by molar-refractivity contribution is 8.39. The SMILES string of the molecule is [N-]=[N+]=C(SCCCCCCCCCCSC(=[N+]=[N-])SC1CCCCC1)SC1CCCCC1. The van der Waals surface area contributed by atoms with Crippen LogP contribution in [0.25, 0.3) is 11.1 Å². The van der Waals surface area contributed by atoms with Crippen LogP contribution in [-0.2, 0) is 0 Å². The molecular weight excluding hydrogens is 473 g/mol. The Morgan fingerprint density at radius 2 is 0.875 bits per heavy atom. The number of unbranched alkanes of at least 4 members (excludes halogenated alkanes) is 7. The van der Waals surface area contributed by atoms with Gasteiger partial charge in [0.1, 0.15) is 0 Å². The summed E-state index contributed by atoms with van der Waals surface area (Å²) in [6.07, 6.45) is 23.5. The van der Waals surface area contributed by atoms with Gasteiger partial charge in [0.05, 0.1) is 0 Å². The van der Waals surface area contributed by atoms with E-state index >= 15 is 0 Å². The lowest BCUT2D eigenvalue weighted by Gasteiger charge is -2.18. The Labute approximate surface area is 213 Å². The molecule has 2 rings (SSSR count). The van der Waals surface area contributed by atoms with Gasteiger partial charge in [-0.25, -0.2) is 0 Å². The van der Waals surface area contributed by atoms with E-state index in [0.29, 0.717) is 10.5 Å². The van der Waals surface area contributed by atoms with E-state index in [1.54, 1.807) is 47.0 Å². The molecule has 0 spiro atoms. The highest BCUT2D eigenvalue weighted by Crippen LogP contribution is 2.32. The second-order valence-corrected chi connectivity index (χ2v) is 14.3. The van der Waals surface area contributed by atoms with Gasteiger partial charge in [-0.3, -0.25) is 0 Å². The first-order chi connectivity index (χ1) is 15.8. The molecule has 182 valence electrons. The first-order valence-electron chi connectivity index (χ1n) is 12.8. The molecule has 0 radical (unpaired) electrons. The van der Waals surface area contributed by atoms with Crippen molar-refractivity contribution in [2.24, 2.45) is 0 Å². The van der Waals surface area contributed by atoms with E-state index in [1.807, 2.05) is 0 Å². The second-order valence-electron chi connectivity index (χ2n) is 9.01. The van der Waals surface area contributed by atoms with Crippen LogP contribution in [0.2, 0.25) is 0 Å². The lowest BCUT2D eigenvalue weighted by Crippen LogP contribution is -2.10. The molecule has 2 aliphatic carbocycles. The van der Waals surface area contributed by atoms with Crippen LogP contribution in [0.1, 0.15) is 116 Å². The summed E-state index contributed by atoms with van der Waals surface area (Å²) in [4.78, 5) is 7.06. The molecule has 2 aliphatic rings. The molecule has 0 aromatic rings. The van der Waals surface area contributed by atoms with Gasteiger partial charge < -0.3 is 11.1 Å². The van der Waals surface area contributed by atoms with E-state index in [0.717, 1.165) is 20.3 Å². The monoisotopic (exact) mass is 514 g/mol. The van der Waals surface area contributed by atoms with Gasteiger partial charge in [-0.2, -0.15) is 9.58 Å². The number of nitrogens with zero attached hydrogens (tertiary/aromatic N) is 4. The molecule has 2 saturated carbocycles. The second kappa shape index (κ2) is 19.5. The molecule has 0 bridgehead atoms. The quantitative estimate of drug-likeness (QED) is 0.0808. The van der Waals surface area contributed by atoms with Crippen LogP contribution in [-0.4, -0.2) is 40.3 Å². The minimum atomic E-state index is 0.665. The van der Waals surface area contributed by atoms with Gasteiger partial charge in [-0.15, -0.1) is 0 Å². The van der Waals surface area contributed by atoms with E-state index in [9.17, 15) is 11.1 Å². The summed E-state index contributed by atoms with van der Waals surface area (Å²) in [5.41, 5.74) is 18.5. The molecule has 32 heavy (non-hydrogen) atoms. The molecule has 0 unspecified atom stereocenters. The van der Waals surface area contributed by atoms with Gasteiger partial charge in [0.25, 0.3) is 0 Å². The first kappa shape index (κ1) is 28.4. The number of hydrogen-bond acceptors (Lipinski definition) is 4. The predicted molar refractivity (Wildman–Crippen MR) is 148 cm³/mol. The Balaban J connectivity index is 1.36. The minimum absolute atomic E-state index is 0.665. The Morgan fingerprint density at radius 1 is 0.531 bits per heavy atom. The zero-order valence-electron chi connectivity index (χ0n) is 19.7. The maximum atomic E-state index is 9.26. The molecule has 8 heteroatoms. The number of hydrogen-bond donors (Lipinski definition) is 0. The number of rotatable bonds is 13. The first-order valence-corrected chi connectivity index (χ1v) is 16.6. The molecule has 4 nitrogen and oxygen atoms in total. The summed E-state index contributed by atoms with van der Waals surface area (Å²) in [5, 5.41) is 1.33. The van der Waals surface area contributed by atoms with Crippen LogP contribution in [0.15, 0.2) is 0 Å². The normalized spacial score (nSPS) is 17.6. The van der Waals surface area contributed by atoms with Crippen LogP contribution < -0.4 is 0 Å². The van der Waals surface area contributed by atoms with Crippen molar-refractivity contribution in [3.05, 3.63) is 11.1 Å². The van der Waals surface area contributed by atoms with E-state index in [2.05, 4.69) is 9.58 Å².